The van der Waals surface area contributed by atoms with E-state index in [4.69, 9.17) is 0 Å². The Morgan fingerprint density at radius 1 is 1.47 bits per heavy atom. The second-order valence-electron chi connectivity index (χ2n) is 3.75. The first-order chi connectivity index (χ1) is 7.82. The van der Waals surface area contributed by atoms with Crippen molar-refractivity contribution >= 4 is 11.6 Å². The van der Waals surface area contributed by atoms with Crippen molar-refractivity contribution in [2.75, 3.05) is 11.9 Å². The smallest absolute Gasteiger partial charge is 0.369 e. The summed E-state index contributed by atoms with van der Waals surface area (Å²) in [6, 6.07) is 0.479. The van der Waals surface area contributed by atoms with Gasteiger partial charge < -0.3 is 5.32 Å². The van der Waals surface area contributed by atoms with Crippen molar-refractivity contribution in [3.8, 4) is 0 Å². The molecule has 17 heavy (non-hydrogen) atoms. The molecule has 2 rings (SSSR count). The van der Waals surface area contributed by atoms with Gasteiger partial charge in [-0.15, -0.1) is 0 Å². The summed E-state index contributed by atoms with van der Waals surface area (Å²) in [5, 5.41) is 2.65. The lowest BCUT2D eigenvalue weighted by Gasteiger charge is -2.14. The normalized spacial score (nSPS) is 14.4. The number of carbonyl (C=O) groups excluding carboxylic acids is 1. The van der Waals surface area contributed by atoms with Gasteiger partial charge in [0, 0.05) is 19.2 Å². The third-order valence-electron chi connectivity index (χ3n) is 2.60. The highest BCUT2D eigenvalue weighted by atomic mass is 19.4. The Kier molecular flexibility index (Phi) is 2.48. The van der Waals surface area contributed by atoms with Crippen LogP contribution in [0, 0.1) is 0 Å². The molecule has 1 aliphatic rings. The molecule has 0 spiro atoms. The third kappa shape index (κ3) is 1.81. The highest BCUT2D eigenvalue weighted by Crippen LogP contribution is 2.35. The van der Waals surface area contributed by atoms with Gasteiger partial charge in [-0.05, 0) is 6.92 Å². The Hall–Kier alpha value is -1.79. The minimum absolute atomic E-state index is 0.0303. The van der Waals surface area contributed by atoms with E-state index >= 15 is 0 Å². The van der Waals surface area contributed by atoms with E-state index in [1.165, 1.54) is 0 Å². The van der Waals surface area contributed by atoms with E-state index in [0.29, 0.717) is 12.6 Å². The predicted octanol–water partition coefficient (Wildman–Crippen LogP) is 1.50. The van der Waals surface area contributed by atoms with Gasteiger partial charge in [0.05, 0.1) is 11.1 Å². The molecule has 0 atom stereocenters. The van der Waals surface area contributed by atoms with Gasteiger partial charge in [0.2, 0.25) is 0 Å². The fourth-order valence-electron chi connectivity index (χ4n) is 1.92. The second-order valence-corrected chi connectivity index (χ2v) is 3.75. The SMILES string of the molecule is CC(=O)c1c(C(F)(F)F)cc(=O)n2c1NCC2. The summed E-state index contributed by atoms with van der Waals surface area (Å²) in [5.74, 6) is -0.743. The van der Waals surface area contributed by atoms with E-state index in [1.807, 2.05) is 0 Å². The average Bonchev–Trinajstić information content (AvgIpc) is 2.64. The number of hydrogen-bond donors (Lipinski definition) is 1. The van der Waals surface area contributed by atoms with Crippen molar-refractivity contribution < 1.29 is 18.0 Å². The van der Waals surface area contributed by atoms with Gasteiger partial charge in [-0.2, -0.15) is 13.2 Å². The average molecular weight is 246 g/mol. The molecule has 0 amide bonds. The van der Waals surface area contributed by atoms with Crippen LogP contribution in [0.15, 0.2) is 10.9 Å². The van der Waals surface area contributed by atoms with Gasteiger partial charge in [-0.3, -0.25) is 14.2 Å². The van der Waals surface area contributed by atoms with Crippen LogP contribution in [0.1, 0.15) is 22.8 Å². The lowest BCUT2D eigenvalue weighted by molar-refractivity contribution is -0.138. The van der Waals surface area contributed by atoms with Crippen LogP contribution in [-0.4, -0.2) is 16.9 Å². The molecule has 1 aromatic rings. The number of ketones is 1. The lowest BCUT2D eigenvalue weighted by Crippen LogP contribution is -2.24. The Bertz CT molecular complexity index is 546. The maximum Gasteiger partial charge on any atom is 0.417 e. The number of nitrogens with zero attached hydrogens (tertiary/aromatic N) is 1. The standard InChI is InChI=1S/C10H9F3N2O2/c1-5(16)8-6(10(11,12)13)4-7(17)15-3-2-14-9(8)15/h4,14H,2-3H2,1H3. The molecular formula is C10H9F3N2O2. The molecule has 0 aromatic carbocycles. The van der Waals surface area contributed by atoms with Crippen LogP contribution in [0.3, 0.4) is 0 Å². The van der Waals surface area contributed by atoms with E-state index in [1.54, 1.807) is 0 Å². The molecule has 0 bridgehead atoms. The molecule has 1 aliphatic heterocycles. The molecule has 2 heterocycles. The molecule has 0 fully saturated rings. The van der Waals surface area contributed by atoms with Crippen LogP contribution in [0.25, 0.3) is 0 Å². The Labute approximate surface area is 94.0 Å². The topological polar surface area (TPSA) is 51.1 Å². The van der Waals surface area contributed by atoms with E-state index in [0.717, 1.165) is 11.5 Å². The van der Waals surface area contributed by atoms with E-state index in [9.17, 15) is 22.8 Å². The van der Waals surface area contributed by atoms with Crippen molar-refractivity contribution in [1.82, 2.24) is 4.57 Å². The van der Waals surface area contributed by atoms with E-state index in [-0.39, 0.29) is 12.4 Å². The van der Waals surface area contributed by atoms with Crippen LogP contribution in [0.2, 0.25) is 0 Å². The minimum Gasteiger partial charge on any atom is -0.369 e. The number of anilines is 1. The molecule has 1 N–H and O–H groups in total. The van der Waals surface area contributed by atoms with Gasteiger partial charge in [0.25, 0.3) is 5.56 Å². The van der Waals surface area contributed by atoms with Gasteiger partial charge in [-0.25, -0.2) is 0 Å². The van der Waals surface area contributed by atoms with Gasteiger partial charge in [-0.1, -0.05) is 0 Å². The Balaban J connectivity index is 2.82. The van der Waals surface area contributed by atoms with Gasteiger partial charge >= 0.3 is 6.18 Å². The first-order valence-corrected chi connectivity index (χ1v) is 4.92. The number of pyridine rings is 1. The zero-order valence-corrected chi connectivity index (χ0v) is 8.89. The van der Waals surface area contributed by atoms with Crippen molar-refractivity contribution in [2.24, 2.45) is 0 Å². The summed E-state index contributed by atoms with van der Waals surface area (Å²) in [7, 11) is 0. The summed E-state index contributed by atoms with van der Waals surface area (Å²) < 4.78 is 39.3. The van der Waals surface area contributed by atoms with Crippen molar-refractivity contribution in [1.29, 1.82) is 0 Å². The minimum atomic E-state index is -4.71. The van der Waals surface area contributed by atoms with Crippen molar-refractivity contribution in [2.45, 2.75) is 19.6 Å². The first-order valence-electron chi connectivity index (χ1n) is 4.92. The van der Waals surface area contributed by atoms with Crippen LogP contribution in [-0.2, 0) is 12.7 Å². The van der Waals surface area contributed by atoms with Crippen molar-refractivity contribution in [3.05, 3.63) is 27.5 Å². The summed E-state index contributed by atoms with van der Waals surface area (Å²) >= 11 is 0. The molecular weight excluding hydrogens is 237 g/mol. The number of alkyl halides is 3. The molecule has 4 nitrogen and oxygen atoms in total. The number of nitrogens with one attached hydrogen (secondary N) is 1. The largest absolute Gasteiger partial charge is 0.417 e. The summed E-state index contributed by atoms with van der Waals surface area (Å²) in [6.45, 7) is 1.67. The fraction of sp³-hybridized carbons (Fsp3) is 0.400. The zero-order chi connectivity index (χ0) is 12.8. The van der Waals surface area contributed by atoms with E-state index < -0.39 is 28.6 Å². The molecule has 0 saturated heterocycles. The summed E-state index contributed by atoms with van der Waals surface area (Å²) in [5.41, 5.74) is -2.38. The molecule has 0 unspecified atom stereocenters. The van der Waals surface area contributed by atoms with Gasteiger partial charge in [0.15, 0.2) is 5.78 Å². The molecule has 0 aliphatic carbocycles. The highest BCUT2D eigenvalue weighted by molar-refractivity contribution is 6.00. The quantitative estimate of drug-likeness (QED) is 0.764. The van der Waals surface area contributed by atoms with E-state index in [2.05, 4.69) is 5.32 Å². The summed E-state index contributed by atoms with van der Waals surface area (Å²) in [6.07, 6.45) is -4.71. The molecule has 92 valence electrons. The monoisotopic (exact) mass is 246 g/mol. The fourth-order valence-corrected chi connectivity index (χ4v) is 1.92. The summed E-state index contributed by atoms with van der Waals surface area (Å²) in [4.78, 5) is 22.8. The first kappa shape index (κ1) is 11.7. The molecule has 0 saturated carbocycles. The van der Waals surface area contributed by atoms with Crippen LogP contribution < -0.4 is 10.9 Å². The molecule has 1 aromatic heterocycles. The maximum absolute atomic E-state index is 12.7. The predicted molar refractivity (Wildman–Crippen MR) is 54.2 cm³/mol. The number of Topliss-reactive ketones (excluding diaryl/α,β-unsaturated/α-hetero) is 1. The number of fused-ring (bicyclic) bond motifs is 1. The number of aromatic nitrogens is 1. The Morgan fingerprint density at radius 3 is 2.65 bits per heavy atom. The lowest BCUT2D eigenvalue weighted by atomic mass is 10.1. The molecule has 0 radical (unpaired) electrons. The van der Waals surface area contributed by atoms with Crippen LogP contribution >= 0.6 is 0 Å². The number of halogens is 3. The Morgan fingerprint density at radius 2 is 2.12 bits per heavy atom. The number of hydrogen-bond acceptors (Lipinski definition) is 3. The maximum atomic E-state index is 12.7. The number of carbonyl (C=O) groups is 1. The molecule has 7 heteroatoms. The van der Waals surface area contributed by atoms with Gasteiger partial charge in [0.1, 0.15) is 5.82 Å². The highest BCUT2D eigenvalue weighted by Gasteiger charge is 2.38. The third-order valence-corrected chi connectivity index (χ3v) is 2.60. The number of rotatable bonds is 1. The second kappa shape index (κ2) is 3.61. The zero-order valence-electron chi connectivity index (χ0n) is 8.89. The van der Waals surface area contributed by atoms with Crippen LogP contribution in [0.4, 0.5) is 19.0 Å². The van der Waals surface area contributed by atoms with Crippen molar-refractivity contribution in [3.63, 3.8) is 0 Å². The van der Waals surface area contributed by atoms with Crippen LogP contribution in [0.5, 0.6) is 0 Å².